The van der Waals surface area contributed by atoms with E-state index in [0.717, 1.165) is 25.9 Å². The van der Waals surface area contributed by atoms with E-state index in [1.54, 1.807) is 0 Å². The SMILES string of the molecule is CCOC(CCNC(=O)CC1(CN)CCCCC1)C(C)C.Cl. The van der Waals surface area contributed by atoms with Crippen molar-refractivity contribution < 1.29 is 9.53 Å². The summed E-state index contributed by atoms with van der Waals surface area (Å²) in [5, 5.41) is 3.06. The minimum absolute atomic E-state index is 0. The van der Waals surface area contributed by atoms with Crippen LogP contribution in [0.3, 0.4) is 0 Å². The molecule has 1 aliphatic carbocycles. The zero-order valence-corrected chi connectivity index (χ0v) is 15.3. The number of amides is 1. The maximum atomic E-state index is 12.2. The molecule has 0 aromatic rings. The lowest BCUT2D eigenvalue weighted by Crippen LogP contribution is -2.39. The monoisotopic (exact) mass is 334 g/mol. The molecule has 0 heterocycles. The fourth-order valence-corrected chi connectivity index (χ4v) is 3.33. The second kappa shape index (κ2) is 11.3. The van der Waals surface area contributed by atoms with Gasteiger partial charge in [-0.2, -0.15) is 0 Å². The molecule has 132 valence electrons. The highest BCUT2D eigenvalue weighted by atomic mass is 35.5. The van der Waals surface area contributed by atoms with E-state index in [0.29, 0.717) is 25.4 Å². The topological polar surface area (TPSA) is 64.3 Å². The van der Waals surface area contributed by atoms with Crippen molar-refractivity contribution in [3.63, 3.8) is 0 Å². The molecule has 0 aliphatic heterocycles. The summed E-state index contributed by atoms with van der Waals surface area (Å²) in [5.41, 5.74) is 6.00. The average Bonchev–Trinajstić information content (AvgIpc) is 2.47. The predicted molar refractivity (Wildman–Crippen MR) is 94.3 cm³/mol. The van der Waals surface area contributed by atoms with Crippen LogP contribution in [-0.2, 0) is 9.53 Å². The molecule has 1 saturated carbocycles. The lowest BCUT2D eigenvalue weighted by Gasteiger charge is -2.35. The molecule has 0 radical (unpaired) electrons. The first kappa shape index (κ1) is 21.7. The second-order valence-corrected chi connectivity index (χ2v) is 6.82. The highest BCUT2D eigenvalue weighted by molar-refractivity contribution is 5.85. The highest BCUT2D eigenvalue weighted by Gasteiger charge is 2.32. The Morgan fingerprint density at radius 2 is 1.91 bits per heavy atom. The van der Waals surface area contributed by atoms with Crippen molar-refractivity contribution in [3.05, 3.63) is 0 Å². The van der Waals surface area contributed by atoms with Crippen molar-refractivity contribution in [2.24, 2.45) is 17.1 Å². The van der Waals surface area contributed by atoms with Gasteiger partial charge in [0.05, 0.1) is 6.10 Å². The minimum atomic E-state index is 0. The number of carbonyl (C=O) groups excluding carboxylic acids is 1. The van der Waals surface area contributed by atoms with Crippen molar-refractivity contribution in [1.82, 2.24) is 5.32 Å². The third-order valence-electron chi connectivity index (χ3n) is 4.76. The van der Waals surface area contributed by atoms with Crippen LogP contribution in [0, 0.1) is 11.3 Å². The molecule has 1 rings (SSSR count). The van der Waals surface area contributed by atoms with Crippen molar-refractivity contribution in [2.75, 3.05) is 19.7 Å². The van der Waals surface area contributed by atoms with E-state index in [1.807, 2.05) is 6.92 Å². The molecule has 1 unspecified atom stereocenters. The fourth-order valence-electron chi connectivity index (χ4n) is 3.33. The van der Waals surface area contributed by atoms with Gasteiger partial charge in [-0.05, 0) is 44.1 Å². The summed E-state index contributed by atoms with van der Waals surface area (Å²) in [6.07, 6.45) is 7.61. The van der Waals surface area contributed by atoms with Gasteiger partial charge in [0.1, 0.15) is 0 Å². The molecule has 5 heteroatoms. The number of carbonyl (C=O) groups is 1. The van der Waals surface area contributed by atoms with E-state index in [4.69, 9.17) is 10.5 Å². The Hall–Kier alpha value is -0.320. The number of hydrogen-bond donors (Lipinski definition) is 2. The summed E-state index contributed by atoms with van der Waals surface area (Å²) in [7, 11) is 0. The summed E-state index contributed by atoms with van der Waals surface area (Å²) in [6.45, 7) is 8.40. The maximum absolute atomic E-state index is 12.2. The lowest BCUT2D eigenvalue weighted by molar-refractivity contribution is -0.124. The van der Waals surface area contributed by atoms with Gasteiger partial charge in [-0.3, -0.25) is 4.79 Å². The zero-order valence-electron chi connectivity index (χ0n) is 14.5. The first-order valence-electron chi connectivity index (χ1n) is 8.61. The van der Waals surface area contributed by atoms with E-state index >= 15 is 0 Å². The second-order valence-electron chi connectivity index (χ2n) is 6.82. The predicted octanol–water partition coefficient (Wildman–Crippen LogP) is 3.27. The number of halogens is 1. The van der Waals surface area contributed by atoms with Gasteiger partial charge >= 0.3 is 0 Å². The summed E-state index contributed by atoms with van der Waals surface area (Å²) in [5.74, 6) is 0.636. The molecule has 0 bridgehead atoms. The van der Waals surface area contributed by atoms with Gasteiger partial charge in [-0.15, -0.1) is 12.4 Å². The molecule has 0 spiro atoms. The largest absolute Gasteiger partial charge is 0.378 e. The van der Waals surface area contributed by atoms with E-state index < -0.39 is 0 Å². The molecule has 22 heavy (non-hydrogen) atoms. The molecule has 0 saturated heterocycles. The molecule has 0 aromatic heterocycles. The Balaban J connectivity index is 0.00000441. The standard InChI is InChI=1S/C17H34N2O2.ClH/c1-4-21-15(14(2)3)8-11-19-16(20)12-17(13-18)9-6-5-7-10-17;/h14-15H,4-13,18H2,1-3H3,(H,19,20);1H. The number of hydrogen-bond acceptors (Lipinski definition) is 3. The number of nitrogens with two attached hydrogens (primary N) is 1. The molecule has 3 N–H and O–H groups in total. The van der Waals surface area contributed by atoms with E-state index in [9.17, 15) is 4.79 Å². The van der Waals surface area contributed by atoms with Crippen LogP contribution >= 0.6 is 12.4 Å². The molecule has 1 amide bonds. The van der Waals surface area contributed by atoms with Gasteiger partial charge in [-0.25, -0.2) is 0 Å². The quantitative estimate of drug-likeness (QED) is 0.680. The first-order chi connectivity index (χ1) is 10.0. The van der Waals surface area contributed by atoms with Crippen LogP contribution in [0.15, 0.2) is 0 Å². The van der Waals surface area contributed by atoms with E-state index in [-0.39, 0.29) is 29.8 Å². The normalized spacial score (nSPS) is 18.6. The van der Waals surface area contributed by atoms with Gasteiger partial charge in [0.25, 0.3) is 0 Å². The zero-order chi connectivity index (χ0) is 15.7. The van der Waals surface area contributed by atoms with Crippen molar-refractivity contribution in [2.45, 2.75) is 71.8 Å². The average molecular weight is 335 g/mol. The first-order valence-corrected chi connectivity index (χ1v) is 8.61. The highest BCUT2D eigenvalue weighted by Crippen LogP contribution is 2.38. The van der Waals surface area contributed by atoms with Crippen LogP contribution in [0.5, 0.6) is 0 Å². The van der Waals surface area contributed by atoms with Crippen LogP contribution in [0.2, 0.25) is 0 Å². The Bertz CT molecular complexity index is 305. The molecule has 0 aromatic carbocycles. The number of rotatable bonds is 9. The van der Waals surface area contributed by atoms with Crippen molar-refractivity contribution >= 4 is 18.3 Å². The number of nitrogens with one attached hydrogen (secondary N) is 1. The fraction of sp³-hybridized carbons (Fsp3) is 0.941. The Labute approximate surface area is 142 Å². The molecule has 1 atom stereocenters. The molecule has 1 aliphatic rings. The van der Waals surface area contributed by atoms with Gasteiger partial charge in [0.2, 0.25) is 5.91 Å². The van der Waals surface area contributed by atoms with E-state index in [2.05, 4.69) is 19.2 Å². The lowest BCUT2D eigenvalue weighted by atomic mass is 9.71. The molecule has 1 fully saturated rings. The molecule has 4 nitrogen and oxygen atoms in total. The number of ether oxygens (including phenoxy) is 1. The van der Waals surface area contributed by atoms with Crippen LogP contribution in [0.4, 0.5) is 0 Å². The van der Waals surface area contributed by atoms with Gasteiger partial charge in [0, 0.05) is 19.6 Å². The third kappa shape index (κ3) is 7.30. The van der Waals surface area contributed by atoms with Crippen LogP contribution in [0.1, 0.15) is 65.7 Å². The van der Waals surface area contributed by atoms with Gasteiger partial charge in [-0.1, -0.05) is 33.1 Å². The molecular formula is C17H35ClN2O2. The summed E-state index contributed by atoms with van der Waals surface area (Å²) in [6, 6.07) is 0. The van der Waals surface area contributed by atoms with Crippen LogP contribution < -0.4 is 11.1 Å². The van der Waals surface area contributed by atoms with Crippen LogP contribution in [-0.4, -0.2) is 31.7 Å². The Morgan fingerprint density at radius 1 is 1.27 bits per heavy atom. The maximum Gasteiger partial charge on any atom is 0.220 e. The Kier molecular flexibility index (Phi) is 11.1. The van der Waals surface area contributed by atoms with Crippen molar-refractivity contribution in [1.29, 1.82) is 0 Å². The summed E-state index contributed by atoms with van der Waals surface area (Å²) < 4.78 is 5.70. The van der Waals surface area contributed by atoms with Crippen molar-refractivity contribution in [3.8, 4) is 0 Å². The van der Waals surface area contributed by atoms with Crippen LogP contribution in [0.25, 0.3) is 0 Å². The summed E-state index contributed by atoms with van der Waals surface area (Å²) >= 11 is 0. The third-order valence-corrected chi connectivity index (χ3v) is 4.76. The van der Waals surface area contributed by atoms with Gasteiger partial charge < -0.3 is 15.8 Å². The Morgan fingerprint density at radius 3 is 2.41 bits per heavy atom. The smallest absolute Gasteiger partial charge is 0.220 e. The molecular weight excluding hydrogens is 300 g/mol. The summed E-state index contributed by atoms with van der Waals surface area (Å²) in [4.78, 5) is 12.2. The van der Waals surface area contributed by atoms with E-state index in [1.165, 1.54) is 19.3 Å². The van der Waals surface area contributed by atoms with Gasteiger partial charge in [0.15, 0.2) is 0 Å². The minimum Gasteiger partial charge on any atom is -0.378 e.